The van der Waals surface area contributed by atoms with E-state index in [1.807, 2.05) is 29.2 Å². The number of hydrogen-bond acceptors (Lipinski definition) is 3. The van der Waals surface area contributed by atoms with Gasteiger partial charge in [0.05, 0.1) is 13.2 Å². The zero-order chi connectivity index (χ0) is 15.1. The number of nitrogens with one attached hydrogen (secondary N) is 1. The maximum atomic E-state index is 12.3. The molecule has 0 aromatic heterocycles. The molecule has 1 saturated heterocycles. The van der Waals surface area contributed by atoms with Gasteiger partial charge in [-0.2, -0.15) is 0 Å². The van der Waals surface area contributed by atoms with E-state index in [0.717, 1.165) is 31.6 Å². The molecule has 0 spiro atoms. The van der Waals surface area contributed by atoms with Crippen molar-refractivity contribution in [3.63, 3.8) is 0 Å². The molecule has 5 heteroatoms. The first-order chi connectivity index (χ1) is 10.3. The van der Waals surface area contributed by atoms with Gasteiger partial charge in [-0.25, -0.2) is 4.79 Å². The Morgan fingerprint density at radius 2 is 2.10 bits per heavy atom. The molecule has 0 saturated carbocycles. The Morgan fingerprint density at radius 3 is 2.76 bits per heavy atom. The van der Waals surface area contributed by atoms with Crippen LogP contribution in [0.15, 0.2) is 24.3 Å². The van der Waals surface area contributed by atoms with Gasteiger partial charge in [0.25, 0.3) is 0 Å². The van der Waals surface area contributed by atoms with Gasteiger partial charge in [-0.15, -0.1) is 0 Å². The first kappa shape index (κ1) is 15.6. The molecule has 1 N–H and O–H groups in total. The van der Waals surface area contributed by atoms with Crippen molar-refractivity contribution in [2.24, 2.45) is 0 Å². The number of carbonyl (C=O) groups excluding carboxylic acids is 1. The lowest BCUT2D eigenvalue weighted by Gasteiger charge is -2.25. The van der Waals surface area contributed by atoms with Crippen molar-refractivity contribution < 1.29 is 14.3 Å². The molecule has 1 heterocycles. The van der Waals surface area contributed by atoms with Crippen LogP contribution in [0, 0.1) is 0 Å². The number of benzene rings is 1. The third-order valence-electron chi connectivity index (χ3n) is 3.82. The number of carbonyl (C=O) groups is 1. The van der Waals surface area contributed by atoms with E-state index < -0.39 is 0 Å². The third kappa shape index (κ3) is 4.11. The number of methoxy groups -OCH3 is 2. The van der Waals surface area contributed by atoms with Crippen LogP contribution in [0.3, 0.4) is 0 Å². The molecule has 0 aliphatic carbocycles. The number of hydrogen-bond donors (Lipinski definition) is 1. The quantitative estimate of drug-likeness (QED) is 0.820. The molecule has 21 heavy (non-hydrogen) atoms. The SMILES string of the molecule is COCCCNC(=O)N1CCCC1c1ccc(OC)cc1. The molecule has 1 aromatic carbocycles. The smallest absolute Gasteiger partial charge is 0.317 e. The lowest BCUT2D eigenvalue weighted by Crippen LogP contribution is -2.40. The summed E-state index contributed by atoms with van der Waals surface area (Å²) in [5.41, 5.74) is 1.17. The monoisotopic (exact) mass is 292 g/mol. The average Bonchev–Trinajstić information content (AvgIpc) is 3.01. The molecule has 1 fully saturated rings. The zero-order valence-electron chi connectivity index (χ0n) is 12.8. The summed E-state index contributed by atoms with van der Waals surface area (Å²) in [6.07, 6.45) is 2.89. The zero-order valence-corrected chi connectivity index (χ0v) is 12.8. The van der Waals surface area contributed by atoms with Crippen LogP contribution in [0.1, 0.15) is 30.9 Å². The predicted molar refractivity (Wildman–Crippen MR) is 81.6 cm³/mol. The predicted octanol–water partition coefficient (Wildman–Crippen LogP) is 2.58. The Morgan fingerprint density at radius 1 is 1.33 bits per heavy atom. The third-order valence-corrected chi connectivity index (χ3v) is 3.82. The number of likely N-dealkylation sites (tertiary alicyclic amines) is 1. The van der Waals surface area contributed by atoms with Gasteiger partial charge in [0.15, 0.2) is 0 Å². The molecule has 2 rings (SSSR count). The van der Waals surface area contributed by atoms with E-state index in [4.69, 9.17) is 9.47 Å². The van der Waals surface area contributed by atoms with Crippen LogP contribution < -0.4 is 10.1 Å². The molecule has 116 valence electrons. The summed E-state index contributed by atoms with van der Waals surface area (Å²) in [4.78, 5) is 14.2. The molecule has 1 aliphatic rings. The van der Waals surface area contributed by atoms with Gasteiger partial charge >= 0.3 is 6.03 Å². The van der Waals surface area contributed by atoms with Gasteiger partial charge in [-0.3, -0.25) is 0 Å². The fraction of sp³-hybridized carbons (Fsp3) is 0.562. The van der Waals surface area contributed by atoms with Crippen LogP contribution in [-0.4, -0.2) is 44.8 Å². The standard InChI is InChI=1S/C16H24N2O3/c1-20-12-4-10-17-16(19)18-11-3-5-15(18)13-6-8-14(21-2)9-7-13/h6-9,15H,3-5,10-12H2,1-2H3,(H,17,19). The van der Waals surface area contributed by atoms with Gasteiger partial charge in [0.1, 0.15) is 5.75 Å². The van der Waals surface area contributed by atoms with Gasteiger partial charge in [-0.05, 0) is 37.0 Å². The number of amides is 2. The molecular weight excluding hydrogens is 268 g/mol. The number of urea groups is 1. The fourth-order valence-corrected chi connectivity index (χ4v) is 2.70. The highest BCUT2D eigenvalue weighted by Gasteiger charge is 2.29. The van der Waals surface area contributed by atoms with Gasteiger partial charge in [-0.1, -0.05) is 12.1 Å². The molecular formula is C16H24N2O3. The summed E-state index contributed by atoms with van der Waals surface area (Å²) in [5.74, 6) is 0.840. The minimum atomic E-state index is 0.0180. The van der Waals surface area contributed by atoms with E-state index in [1.165, 1.54) is 5.56 Å². The topological polar surface area (TPSA) is 50.8 Å². The highest BCUT2D eigenvalue weighted by molar-refractivity contribution is 5.75. The Kier molecular flexibility index (Phi) is 5.87. The van der Waals surface area contributed by atoms with Crippen molar-refractivity contribution in [3.05, 3.63) is 29.8 Å². The second kappa shape index (κ2) is 7.88. The Balaban J connectivity index is 1.93. The van der Waals surface area contributed by atoms with E-state index in [9.17, 15) is 4.79 Å². The Labute approximate surface area is 126 Å². The van der Waals surface area contributed by atoms with Crippen molar-refractivity contribution >= 4 is 6.03 Å². The van der Waals surface area contributed by atoms with Crippen LogP contribution in [0.5, 0.6) is 5.75 Å². The maximum absolute atomic E-state index is 12.3. The first-order valence-corrected chi connectivity index (χ1v) is 7.43. The maximum Gasteiger partial charge on any atom is 0.317 e. The Hall–Kier alpha value is -1.75. The van der Waals surface area contributed by atoms with E-state index in [0.29, 0.717) is 13.2 Å². The van der Waals surface area contributed by atoms with Crippen LogP contribution in [0.25, 0.3) is 0 Å². The van der Waals surface area contributed by atoms with Crippen molar-refractivity contribution in [3.8, 4) is 5.75 Å². The first-order valence-electron chi connectivity index (χ1n) is 7.43. The molecule has 1 atom stereocenters. The molecule has 0 radical (unpaired) electrons. The highest BCUT2D eigenvalue weighted by atomic mass is 16.5. The second-order valence-corrected chi connectivity index (χ2v) is 5.20. The summed E-state index contributed by atoms with van der Waals surface area (Å²) in [5, 5.41) is 2.96. The summed E-state index contributed by atoms with van der Waals surface area (Å²) < 4.78 is 10.2. The number of rotatable bonds is 6. The minimum Gasteiger partial charge on any atom is -0.497 e. The van der Waals surface area contributed by atoms with Gasteiger partial charge in [0, 0.05) is 26.8 Å². The van der Waals surface area contributed by atoms with Gasteiger partial charge in [0.2, 0.25) is 0 Å². The molecule has 5 nitrogen and oxygen atoms in total. The van der Waals surface area contributed by atoms with Crippen molar-refractivity contribution in [2.75, 3.05) is 33.9 Å². The Bertz CT molecular complexity index is 447. The van der Waals surface area contributed by atoms with Crippen LogP contribution in [-0.2, 0) is 4.74 Å². The van der Waals surface area contributed by atoms with Crippen LogP contribution in [0.4, 0.5) is 4.79 Å². The van der Waals surface area contributed by atoms with Crippen LogP contribution >= 0.6 is 0 Å². The number of nitrogens with zero attached hydrogens (tertiary/aromatic N) is 1. The summed E-state index contributed by atoms with van der Waals surface area (Å²) in [7, 11) is 3.33. The lowest BCUT2D eigenvalue weighted by atomic mass is 10.0. The summed E-state index contributed by atoms with van der Waals surface area (Å²) in [6.45, 7) is 2.13. The van der Waals surface area contributed by atoms with E-state index in [1.54, 1.807) is 14.2 Å². The fourth-order valence-electron chi connectivity index (χ4n) is 2.70. The molecule has 1 unspecified atom stereocenters. The van der Waals surface area contributed by atoms with E-state index in [2.05, 4.69) is 5.32 Å². The summed E-state index contributed by atoms with van der Waals surface area (Å²) in [6, 6.07) is 8.16. The normalized spacial score (nSPS) is 17.8. The van der Waals surface area contributed by atoms with Crippen molar-refractivity contribution in [1.82, 2.24) is 10.2 Å². The summed E-state index contributed by atoms with van der Waals surface area (Å²) >= 11 is 0. The molecule has 1 aromatic rings. The molecule has 1 aliphatic heterocycles. The molecule has 2 amide bonds. The number of ether oxygens (including phenoxy) is 2. The van der Waals surface area contributed by atoms with Crippen LogP contribution in [0.2, 0.25) is 0 Å². The molecule has 0 bridgehead atoms. The van der Waals surface area contributed by atoms with E-state index in [-0.39, 0.29) is 12.1 Å². The van der Waals surface area contributed by atoms with Gasteiger partial charge < -0.3 is 19.7 Å². The highest BCUT2D eigenvalue weighted by Crippen LogP contribution is 2.32. The average molecular weight is 292 g/mol. The van der Waals surface area contributed by atoms with Crippen molar-refractivity contribution in [1.29, 1.82) is 0 Å². The van der Waals surface area contributed by atoms with Crippen molar-refractivity contribution in [2.45, 2.75) is 25.3 Å². The largest absolute Gasteiger partial charge is 0.497 e. The van der Waals surface area contributed by atoms with E-state index >= 15 is 0 Å². The minimum absolute atomic E-state index is 0.0180. The second-order valence-electron chi connectivity index (χ2n) is 5.20. The lowest BCUT2D eigenvalue weighted by molar-refractivity contribution is 0.182.